The second-order valence-electron chi connectivity index (χ2n) is 4.28. The smallest absolute Gasteiger partial charge is 0.126 e. The standard InChI is InChI=1S/C10H21NO2/c1-5-11(6-9(2)13)7-10(3,4)8-12/h8-9,13H,5-7H2,1-4H3. The molecule has 0 rings (SSSR count). The Balaban J connectivity index is 4.04. The average Bonchev–Trinajstić information content (AvgIpc) is 2.02. The van der Waals surface area contributed by atoms with Crippen LogP contribution in [0.5, 0.6) is 0 Å². The highest BCUT2D eigenvalue weighted by Crippen LogP contribution is 2.13. The maximum Gasteiger partial charge on any atom is 0.126 e. The number of aliphatic hydroxyl groups is 1. The molecule has 0 heterocycles. The summed E-state index contributed by atoms with van der Waals surface area (Å²) >= 11 is 0. The Morgan fingerprint density at radius 1 is 1.54 bits per heavy atom. The molecule has 1 atom stereocenters. The van der Waals surface area contributed by atoms with Crippen LogP contribution in [-0.4, -0.2) is 42.0 Å². The van der Waals surface area contributed by atoms with Crippen LogP contribution in [-0.2, 0) is 4.79 Å². The first kappa shape index (κ1) is 12.6. The fourth-order valence-electron chi connectivity index (χ4n) is 1.29. The topological polar surface area (TPSA) is 40.5 Å². The highest BCUT2D eigenvalue weighted by molar-refractivity contribution is 5.58. The summed E-state index contributed by atoms with van der Waals surface area (Å²) in [4.78, 5) is 12.8. The van der Waals surface area contributed by atoms with Crippen LogP contribution in [0.3, 0.4) is 0 Å². The van der Waals surface area contributed by atoms with Gasteiger partial charge in [0.25, 0.3) is 0 Å². The van der Waals surface area contributed by atoms with E-state index in [2.05, 4.69) is 4.90 Å². The summed E-state index contributed by atoms with van der Waals surface area (Å²) < 4.78 is 0. The maximum absolute atomic E-state index is 10.7. The van der Waals surface area contributed by atoms with Gasteiger partial charge in [0.15, 0.2) is 0 Å². The van der Waals surface area contributed by atoms with E-state index >= 15 is 0 Å². The lowest BCUT2D eigenvalue weighted by atomic mass is 9.95. The SMILES string of the molecule is CCN(CC(C)O)CC(C)(C)C=O. The molecule has 0 saturated carbocycles. The Bertz CT molecular complexity index is 155. The predicted octanol–water partition coefficient (Wildman–Crippen LogP) is 0.914. The van der Waals surface area contributed by atoms with Crippen molar-refractivity contribution in [1.82, 2.24) is 4.90 Å². The van der Waals surface area contributed by atoms with Gasteiger partial charge in [-0.2, -0.15) is 0 Å². The molecule has 0 radical (unpaired) electrons. The highest BCUT2D eigenvalue weighted by Gasteiger charge is 2.20. The fraction of sp³-hybridized carbons (Fsp3) is 0.900. The Hall–Kier alpha value is -0.410. The molecule has 0 spiro atoms. The zero-order valence-electron chi connectivity index (χ0n) is 9.08. The number of aldehydes is 1. The van der Waals surface area contributed by atoms with E-state index in [1.54, 1.807) is 6.92 Å². The average molecular weight is 187 g/mol. The van der Waals surface area contributed by atoms with Crippen molar-refractivity contribution in [2.75, 3.05) is 19.6 Å². The van der Waals surface area contributed by atoms with E-state index < -0.39 is 0 Å². The molecule has 1 unspecified atom stereocenters. The molecule has 78 valence electrons. The summed E-state index contributed by atoms with van der Waals surface area (Å²) in [6, 6.07) is 0. The number of hydrogen-bond acceptors (Lipinski definition) is 3. The first-order valence-corrected chi connectivity index (χ1v) is 4.78. The van der Waals surface area contributed by atoms with Gasteiger partial charge >= 0.3 is 0 Å². The van der Waals surface area contributed by atoms with Gasteiger partial charge < -0.3 is 14.8 Å². The van der Waals surface area contributed by atoms with E-state index in [9.17, 15) is 9.90 Å². The molecular formula is C10H21NO2. The fourth-order valence-corrected chi connectivity index (χ4v) is 1.29. The minimum Gasteiger partial charge on any atom is -0.392 e. The summed E-state index contributed by atoms with van der Waals surface area (Å²) in [6.07, 6.45) is 0.639. The Kier molecular flexibility index (Phi) is 5.18. The van der Waals surface area contributed by atoms with Crippen LogP contribution in [0.4, 0.5) is 0 Å². The molecular weight excluding hydrogens is 166 g/mol. The van der Waals surface area contributed by atoms with Gasteiger partial charge in [0.1, 0.15) is 6.29 Å². The number of nitrogens with zero attached hydrogens (tertiary/aromatic N) is 1. The van der Waals surface area contributed by atoms with Crippen molar-refractivity contribution in [2.45, 2.75) is 33.8 Å². The Morgan fingerprint density at radius 3 is 2.38 bits per heavy atom. The first-order valence-electron chi connectivity index (χ1n) is 4.78. The van der Waals surface area contributed by atoms with Crippen molar-refractivity contribution in [3.8, 4) is 0 Å². The van der Waals surface area contributed by atoms with Crippen LogP contribution in [0.1, 0.15) is 27.7 Å². The van der Waals surface area contributed by atoms with E-state index in [4.69, 9.17) is 0 Å². The third kappa shape index (κ3) is 5.77. The molecule has 0 bridgehead atoms. The Morgan fingerprint density at radius 2 is 2.08 bits per heavy atom. The third-order valence-corrected chi connectivity index (χ3v) is 1.92. The molecule has 0 fully saturated rings. The van der Waals surface area contributed by atoms with E-state index in [-0.39, 0.29) is 11.5 Å². The molecule has 3 heteroatoms. The van der Waals surface area contributed by atoms with Crippen molar-refractivity contribution in [2.24, 2.45) is 5.41 Å². The summed E-state index contributed by atoms with van der Waals surface area (Å²) in [5.41, 5.74) is -0.315. The molecule has 3 nitrogen and oxygen atoms in total. The van der Waals surface area contributed by atoms with E-state index in [0.29, 0.717) is 13.1 Å². The number of aliphatic hydroxyl groups excluding tert-OH is 1. The summed E-state index contributed by atoms with van der Waals surface area (Å²) in [5.74, 6) is 0. The van der Waals surface area contributed by atoms with Crippen molar-refractivity contribution in [1.29, 1.82) is 0 Å². The number of likely N-dealkylation sites (N-methyl/N-ethyl adjacent to an activating group) is 1. The number of rotatable bonds is 6. The van der Waals surface area contributed by atoms with Gasteiger partial charge in [0.2, 0.25) is 0 Å². The van der Waals surface area contributed by atoms with Crippen molar-refractivity contribution in [3.05, 3.63) is 0 Å². The molecule has 0 aliphatic rings. The van der Waals surface area contributed by atoms with Crippen LogP contribution in [0, 0.1) is 5.41 Å². The molecule has 13 heavy (non-hydrogen) atoms. The van der Waals surface area contributed by atoms with Crippen molar-refractivity contribution >= 4 is 6.29 Å². The lowest BCUT2D eigenvalue weighted by molar-refractivity contribution is -0.115. The summed E-state index contributed by atoms with van der Waals surface area (Å²) in [7, 11) is 0. The molecule has 1 N–H and O–H groups in total. The second-order valence-corrected chi connectivity index (χ2v) is 4.28. The minimum atomic E-state index is -0.331. The molecule has 0 aliphatic heterocycles. The predicted molar refractivity (Wildman–Crippen MR) is 53.6 cm³/mol. The lowest BCUT2D eigenvalue weighted by Gasteiger charge is -2.28. The van der Waals surface area contributed by atoms with Crippen LogP contribution in [0.15, 0.2) is 0 Å². The number of carbonyl (C=O) groups excluding carboxylic acids is 1. The second kappa shape index (κ2) is 5.35. The van der Waals surface area contributed by atoms with Crippen molar-refractivity contribution in [3.63, 3.8) is 0 Å². The summed E-state index contributed by atoms with van der Waals surface area (Å²) in [6.45, 7) is 9.81. The normalized spacial score (nSPS) is 14.6. The van der Waals surface area contributed by atoms with E-state index in [1.807, 2.05) is 20.8 Å². The van der Waals surface area contributed by atoms with Crippen molar-refractivity contribution < 1.29 is 9.90 Å². The van der Waals surface area contributed by atoms with Gasteiger partial charge in [-0.25, -0.2) is 0 Å². The van der Waals surface area contributed by atoms with E-state index in [0.717, 1.165) is 12.8 Å². The largest absolute Gasteiger partial charge is 0.392 e. The van der Waals surface area contributed by atoms with Gasteiger partial charge in [0, 0.05) is 18.5 Å². The molecule has 0 aromatic heterocycles. The van der Waals surface area contributed by atoms with Gasteiger partial charge in [-0.05, 0) is 13.5 Å². The highest BCUT2D eigenvalue weighted by atomic mass is 16.3. The van der Waals surface area contributed by atoms with Gasteiger partial charge in [0.05, 0.1) is 6.10 Å². The van der Waals surface area contributed by atoms with Crippen LogP contribution in [0.2, 0.25) is 0 Å². The molecule has 0 aromatic rings. The maximum atomic E-state index is 10.7. The monoisotopic (exact) mass is 187 g/mol. The molecule has 0 aromatic carbocycles. The zero-order chi connectivity index (χ0) is 10.5. The van der Waals surface area contributed by atoms with Crippen LogP contribution >= 0.6 is 0 Å². The third-order valence-electron chi connectivity index (χ3n) is 1.92. The minimum absolute atomic E-state index is 0.315. The summed E-state index contributed by atoms with van der Waals surface area (Å²) in [5, 5.41) is 9.19. The molecule has 0 amide bonds. The number of hydrogen-bond donors (Lipinski definition) is 1. The van der Waals surface area contributed by atoms with Crippen LogP contribution < -0.4 is 0 Å². The quantitative estimate of drug-likeness (QED) is 0.628. The van der Waals surface area contributed by atoms with Crippen LogP contribution in [0.25, 0.3) is 0 Å². The molecule has 0 saturated heterocycles. The lowest BCUT2D eigenvalue weighted by Crippen LogP contribution is -2.38. The van der Waals surface area contributed by atoms with Gasteiger partial charge in [-0.15, -0.1) is 0 Å². The number of carbonyl (C=O) groups is 1. The molecule has 0 aliphatic carbocycles. The Labute approximate surface area is 80.7 Å². The van der Waals surface area contributed by atoms with E-state index in [1.165, 1.54) is 0 Å². The first-order chi connectivity index (χ1) is 5.91. The van der Waals surface area contributed by atoms with Gasteiger partial charge in [-0.1, -0.05) is 20.8 Å². The van der Waals surface area contributed by atoms with Gasteiger partial charge in [-0.3, -0.25) is 0 Å². The zero-order valence-corrected chi connectivity index (χ0v) is 9.08.